The van der Waals surface area contributed by atoms with Crippen LogP contribution < -0.4 is 0 Å². The Hall–Kier alpha value is -1.55. The van der Waals surface area contributed by atoms with Crippen molar-refractivity contribution in [2.45, 2.75) is 13.3 Å². The molecular weight excluding hydrogens is 246 g/mol. The lowest BCUT2D eigenvalue weighted by Crippen LogP contribution is -1.96. The summed E-state index contributed by atoms with van der Waals surface area (Å²) < 4.78 is 26.1. The van der Waals surface area contributed by atoms with Crippen LogP contribution in [0.1, 0.15) is 12.6 Å². The van der Waals surface area contributed by atoms with Crippen LogP contribution >= 0.6 is 11.6 Å². The van der Waals surface area contributed by atoms with Crippen LogP contribution in [0, 0.1) is 11.6 Å². The van der Waals surface area contributed by atoms with Crippen molar-refractivity contribution in [1.82, 2.24) is 9.97 Å². The number of aromatic nitrogens is 2. The standard InChI is InChI=1S/C12H9ClF2N2/c1-2-10-6-11(13)17-12(16-10)7-3-8(14)5-9(15)4-7/h3-6H,2H2,1H3. The van der Waals surface area contributed by atoms with Crippen molar-refractivity contribution in [2.24, 2.45) is 0 Å². The van der Waals surface area contributed by atoms with E-state index in [4.69, 9.17) is 11.6 Å². The maximum Gasteiger partial charge on any atom is 0.161 e. The predicted octanol–water partition coefficient (Wildman–Crippen LogP) is 3.64. The topological polar surface area (TPSA) is 25.8 Å². The van der Waals surface area contributed by atoms with E-state index < -0.39 is 11.6 Å². The van der Waals surface area contributed by atoms with Crippen LogP contribution in [0.5, 0.6) is 0 Å². The fraction of sp³-hybridized carbons (Fsp3) is 0.167. The number of hydrogen-bond acceptors (Lipinski definition) is 2. The fourth-order valence-corrected chi connectivity index (χ4v) is 1.66. The van der Waals surface area contributed by atoms with Gasteiger partial charge in [0.25, 0.3) is 0 Å². The molecular formula is C12H9ClF2N2. The third-order valence-electron chi connectivity index (χ3n) is 2.23. The lowest BCUT2D eigenvalue weighted by molar-refractivity contribution is 0.584. The summed E-state index contributed by atoms with van der Waals surface area (Å²) in [5.74, 6) is -1.10. The predicted molar refractivity (Wildman–Crippen MR) is 61.8 cm³/mol. The summed E-state index contributed by atoms with van der Waals surface area (Å²) in [4.78, 5) is 8.13. The number of benzene rings is 1. The molecule has 1 aromatic carbocycles. The monoisotopic (exact) mass is 254 g/mol. The molecule has 0 spiro atoms. The molecule has 0 amide bonds. The summed E-state index contributed by atoms with van der Waals surface area (Å²) >= 11 is 5.82. The Balaban J connectivity index is 2.55. The van der Waals surface area contributed by atoms with Gasteiger partial charge < -0.3 is 0 Å². The van der Waals surface area contributed by atoms with Gasteiger partial charge in [0.1, 0.15) is 16.8 Å². The third-order valence-corrected chi connectivity index (χ3v) is 2.42. The van der Waals surface area contributed by atoms with Gasteiger partial charge in [-0.1, -0.05) is 18.5 Å². The second kappa shape index (κ2) is 4.75. The molecule has 2 aromatic rings. The van der Waals surface area contributed by atoms with Crippen molar-refractivity contribution in [3.8, 4) is 11.4 Å². The Morgan fingerprint density at radius 2 is 1.71 bits per heavy atom. The van der Waals surface area contributed by atoms with Gasteiger partial charge in [0.05, 0.1) is 0 Å². The number of hydrogen-bond donors (Lipinski definition) is 0. The molecule has 0 unspecified atom stereocenters. The van der Waals surface area contributed by atoms with Crippen molar-refractivity contribution in [2.75, 3.05) is 0 Å². The molecule has 0 atom stereocenters. The van der Waals surface area contributed by atoms with E-state index in [1.807, 2.05) is 6.92 Å². The molecule has 0 bridgehead atoms. The molecule has 0 saturated carbocycles. The van der Waals surface area contributed by atoms with Crippen molar-refractivity contribution in [1.29, 1.82) is 0 Å². The SMILES string of the molecule is CCc1cc(Cl)nc(-c2cc(F)cc(F)c2)n1. The van der Waals surface area contributed by atoms with Gasteiger partial charge in [-0.05, 0) is 24.6 Å². The highest BCUT2D eigenvalue weighted by Gasteiger charge is 2.08. The molecule has 0 aliphatic rings. The van der Waals surface area contributed by atoms with Crippen LogP contribution in [-0.2, 0) is 6.42 Å². The molecule has 2 rings (SSSR count). The summed E-state index contributed by atoms with van der Waals surface area (Å²) in [6.07, 6.45) is 0.674. The molecule has 0 N–H and O–H groups in total. The molecule has 88 valence electrons. The zero-order chi connectivity index (χ0) is 12.4. The Morgan fingerprint density at radius 1 is 1.06 bits per heavy atom. The maximum atomic E-state index is 13.1. The van der Waals surface area contributed by atoms with Crippen LogP contribution in [0.3, 0.4) is 0 Å². The zero-order valence-corrected chi connectivity index (χ0v) is 9.80. The van der Waals surface area contributed by atoms with Crippen molar-refractivity contribution in [3.05, 3.63) is 46.7 Å². The van der Waals surface area contributed by atoms with Crippen LogP contribution in [0.25, 0.3) is 11.4 Å². The molecule has 17 heavy (non-hydrogen) atoms. The first kappa shape index (κ1) is 11.9. The first-order valence-electron chi connectivity index (χ1n) is 5.08. The van der Waals surface area contributed by atoms with Crippen molar-refractivity contribution < 1.29 is 8.78 Å². The summed E-state index contributed by atoms with van der Waals surface area (Å²) in [7, 11) is 0. The van der Waals surface area contributed by atoms with E-state index in [-0.39, 0.29) is 16.5 Å². The number of halogens is 3. The Kier molecular flexibility index (Phi) is 3.33. The third kappa shape index (κ3) is 2.77. The molecule has 0 radical (unpaired) electrons. The van der Waals surface area contributed by atoms with E-state index in [9.17, 15) is 8.78 Å². The van der Waals surface area contributed by atoms with Gasteiger partial charge in [0.2, 0.25) is 0 Å². The van der Waals surface area contributed by atoms with Gasteiger partial charge in [0.15, 0.2) is 5.82 Å². The smallest absolute Gasteiger partial charge is 0.161 e. The minimum absolute atomic E-state index is 0.229. The summed E-state index contributed by atoms with van der Waals surface area (Å²) in [5.41, 5.74) is 1.00. The van der Waals surface area contributed by atoms with Gasteiger partial charge in [-0.25, -0.2) is 18.7 Å². The Morgan fingerprint density at radius 3 is 2.29 bits per heavy atom. The molecule has 0 aliphatic heterocycles. The van der Waals surface area contributed by atoms with Gasteiger partial charge >= 0.3 is 0 Å². The van der Waals surface area contributed by atoms with Crippen LogP contribution in [0.15, 0.2) is 24.3 Å². The van der Waals surface area contributed by atoms with E-state index in [1.165, 1.54) is 12.1 Å². The average molecular weight is 255 g/mol. The summed E-state index contributed by atoms with van der Waals surface area (Å²) in [6, 6.07) is 4.78. The molecule has 5 heteroatoms. The fourth-order valence-electron chi connectivity index (χ4n) is 1.46. The van der Waals surface area contributed by atoms with Crippen LogP contribution in [-0.4, -0.2) is 9.97 Å². The number of nitrogens with zero attached hydrogens (tertiary/aromatic N) is 2. The molecule has 1 heterocycles. The van der Waals surface area contributed by atoms with Gasteiger partial charge in [0, 0.05) is 17.3 Å². The first-order valence-corrected chi connectivity index (χ1v) is 5.46. The number of aryl methyl sites for hydroxylation is 1. The minimum Gasteiger partial charge on any atom is -0.233 e. The molecule has 0 aliphatic carbocycles. The minimum atomic E-state index is -0.665. The van der Waals surface area contributed by atoms with Crippen molar-refractivity contribution in [3.63, 3.8) is 0 Å². The quantitative estimate of drug-likeness (QED) is 0.765. The molecule has 1 aromatic heterocycles. The average Bonchev–Trinajstić information content (AvgIpc) is 2.26. The number of rotatable bonds is 2. The van der Waals surface area contributed by atoms with E-state index in [2.05, 4.69) is 9.97 Å². The second-order valence-electron chi connectivity index (χ2n) is 3.52. The van der Waals surface area contributed by atoms with E-state index in [0.717, 1.165) is 11.8 Å². The Labute approximate surface area is 102 Å². The molecule has 0 saturated heterocycles. The van der Waals surface area contributed by atoms with Crippen LogP contribution in [0.4, 0.5) is 8.78 Å². The van der Waals surface area contributed by atoms with E-state index in [1.54, 1.807) is 6.07 Å². The highest BCUT2D eigenvalue weighted by molar-refractivity contribution is 6.29. The first-order chi connectivity index (χ1) is 8.08. The van der Waals surface area contributed by atoms with Gasteiger partial charge in [-0.2, -0.15) is 0 Å². The lowest BCUT2D eigenvalue weighted by Gasteiger charge is -2.04. The van der Waals surface area contributed by atoms with Gasteiger partial charge in [-0.15, -0.1) is 0 Å². The molecule has 2 nitrogen and oxygen atoms in total. The van der Waals surface area contributed by atoms with Gasteiger partial charge in [-0.3, -0.25) is 0 Å². The summed E-state index contributed by atoms with van der Waals surface area (Å²) in [6.45, 7) is 1.91. The van der Waals surface area contributed by atoms with E-state index >= 15 is 0 Å². The highest BCUT2D eigenvalue weighted by atomic mass is 35.5. The highest BCUT2D eigenvalue weighted by Crippen LogP contribution is 2.20. The maximum absolute atomic E-state index is 13.1. The largest absolute Gasteiger partial charge is 0.233 e. The van der Waals surface area contributed by atoms with Crippen LogP contribution in [0.2, 0.25) is 5.15 Å². The Bertz CT molecular complexity index is 538. The zero-order valence-electron chi connectivity index (χ0n) is 9.04. The summed E-state index contributed by atoms with van der Waals surface area (Å²) in [5, 5.41) is 0.261. The van der Waals surface area contributed by atoms with Crippen molar-refractivity contribution >= 4 is 11.6 Å². The molecule has 0 fully saturated rings. The second-order valence-corrected chi connectivity index (χ2v) is 3.90. The normalized spacial score (nSPS) is 10.6. The van der Waals surface area contributed by atoms with E-state index in [0.29, 0.717) is 6.42 Å². The lowest BCUT2D eigenvalue weighted by atomic mass is 10.2.